The van der Waals surface area contributed by atoms with E-state index in [1.807, 2.05) is 25.1 Å². The van der Waals surface area contributed by atoms with Gasteiger partial charge < -0.3 is 10.2 Å². The number of sulfonamides is 1. The average molecular weight is 476 g/mol. The van der Waals surface area contributed by atoms with E-state index in [1.54, 1.807) is 29.6 Å². The van der Waals surface area contributed by atoms with E-state index in [4.69, 9.17) is 11.6 Å². The second-order valence-corrected chi connectivity index (χ2v) is 10.6. The van der Waals surface area contributed by atoms with Crippen molar-refractivity contribution in [2.24, 2.45) is 0 Å². The second-order valence-electron chi connectivity index (χ2n) is 7.31. The van der Waals surface area contributed by atoms with E-state index in [-0.39, 0.29) is 9.77 Å². The minimum Gasteiger partial charge on any atom is -0.369 e. The van der Waals surface area contributed by atoms with E-state index in [0.717, 1.165) is 17.0 Å². The summed E-state index contributed by atoms with van der Waals surface area (Å²) in [6.45, 7) is 3.95. The van der Waals surface area contributed by atoms with Gasteiger partial charge >= 0.3 is 0 Å². The molecule has 1 N–H and O–H groups in total. The highest BCUT2D eigenvalue weighted by Crippen LogP contribution is 2.28. The summed E-state index contributed by atoms with van der Waals surface area (Å²) in [4.78, 5) is 15.2. The molecule has 3 aromatic rings. The Morgan fingerprint density at radius 2 is 1.77 bits per heavy atom. The van der Waals surface area contributed by atoms with Gasteiger partial charge in [0.2, 0.25) is 10.0 Å². The second kappa shape index (κ2) is 9.00. The molecule has 1 fully saturated rings. The number of rotatable bonds is 5. The molecule has 0 saturated carbocycles. The zero-order valence-electron chi connectivity index (χ0n) is 16.9. The lowest BCUT2D eigenvalue weighted by molar-refractivity contribution is 0.102. The summed E-state index contributed by atoms with van der Waals surface area (Å²) in [5.41, 5.74) is 2.77. The van der Waals surface area contributed by atoms with Crippen molar-refractivity contribution in [3.05, 3.63) is 75.4 Å². The number of nitrogens with zero attached hydrogens (tertiary/aromatic N) is 2. The van der Waals surface area contributed by atoms with Crippen molar-refractivity contribution in [1.82, 2.24) is 4.31 Å². The lowest BCUT2D eigenvalue weighted by Gasteiger charge is -2.35. The molecule has 1 saturated heterocycles. The van der Waals surface area contributed by atoms with Crippen molar-refractivity contribution in [3.8, 4) is 0 Å². The van der Waals surface area contributed by atoms with Gasteiger partial charge in [0.1, 0.15) is 9.77 Å². The van der Waals surface area contributed by atoms with Gasteiger partial charge in [-0.15, -0.1) is 11.3 Å². The van der Waals surface area contributed by atoms with Crippen LogP contribution in [0.25, 0.3) is 0 Å². The van der Waals surface area contributed by atoms with Crippen LogP contribution in [0.5, 0.6) is 0 Å². The normalized spacial score (nSPS) is 15.1. The summed E-state index contributed by atoms with van der Waals surface area (Å²) in [5.74, 6) is -0.464. The first kappa shape index (κ1) is 21.8. The Morgan fingerprint density at radius 1 is 1.03 bits per heavy atom. The number of halogens is 1. The fourth-order valence-electron chi connectivity index (χ4n) is 3.57. The van der Waals surface area contributed by atoms with Crippen LogP contribution in [0.4, 0.5) is 11.4 Å². The summed E-state index contributed by atoms with van der Waals surface area (Å²) >= 11 is 7.08. The molecule has 1 aromatic heterocycles. The number of hydrogen-bond donors (Lipinski definition) is 1. The molecule has 4 rings (SSSR count). The summed E-state index contributed by atoms with van der Waals surface area (Å²) in [7, 11) is -3.78. The number of carbonyl (C=O) groups is 1. The van der Waals surface area contributed by atoms with E-state index in [2.05, 4.69) is 16.3 Å². The van der Waals surface area contributed by atoms with Gasteiger partial charge in [-0.25, -0.2) is 8.42 Å². The van der Waals surface area contributed by atoms with Crippen molar-refractivity contribution in [2.75, 3.05) is 36.4 Å². The van der Waals surface area contributed by atoms with Gasteiger partial charge in [-0.1, -0.05) is 29.8 Å². The lowest BCUT2D eigenvalue weighted by atomic mass is 10.2. The molecule has 2 heterocycles. The van der Waals surface area contributed by atoms with Gasteiger partial charge in [-0.3, -0.25) is 4.79 Å². The van der Waals surface area contributed by atoms with Crippen LogP contribution < -0.4 is 10.2 Å². The number of benzene rings is 2. The molecule has 6 nitrogen and oxygen atoms in total. The Hall–Kier alpha value is -2.39. The number of anilines is 2. The van der Waals surface area contributed by atoms with Crippen molar-refractivity contribution >= 4 is 50.2 Å². The fraction of sp³-hybridized carbons (Fsp3) is 0.227. The average Bonchev–Trinajstić information content (AvgIpc) is 3.25. The number of hydrogen-bond acceptors (Lipinski definition) is 5. The summed E-state index contributed by atoms with van der Waals surface area (Å²) < 4.78 is 28.0. The zero-order chi connectivity index (χ0) is 22.0. The maximum Gasteiger partial charge on any atom is 0.267 e. The SMILES string of the molecule is Cc1cccc(N2CCN(S(=O)(=O)c3ccsc3C(=O)Nc3cccc(Cl)c3)CC2)c1. The number of carbonyl (C=O) groups excluding carboxylic acids is 1. The van der Waals surface area contributed by atoms with E-state index in [0.29, 0.717) is 36.9 Å². The third-order valence-electron chi connectivity index (χ3n) is 5.14. The molecule has 0 bridgehead atoms. The highest BCUT2D eigenvalue weighted by Gasteiger charge is 2.32. The molecule has 0 radical (unpaired) electrons. The molecule has 2 aromatic carbocycles. The van der Waals surface area contributed by atoms with Gasteiger partial charge in [-0.2, -0.15) is 4.31 Å². The topological polar surface area (TPSA) is 69.7 Å². The van der Waals surface area contributed by atoms with E-state index < -0.39 is 15.9 Å². The van der Waals surface area contributed by atoms with E-state index >= 15 is 0 Å². The van der Waals surface area contributed by atoms with E-state index in [1.165, 1.54) is 15.9 Å². The summed E-state index contributed by atoms with van der Waals surface area (Å²) in [6.07, 6.45) is 0. The largest absolute Gasteiger partial charge is 0.369 e. The van der Waals surface area contributed by atoms with Crippen LogP contribution in [0.2, 0.25) is 5.02 Å². The molecule has 31 heavy (non-hydrogen) atoms. The summed E-state index contributed by atoms with van der Waals surface area (Å²) in [6, 6.07) is 16.4. The molecule has 1 amide bonds. The summed E-state index contributed by atoms with van der Waals surface area (Å²) in [5, 5.41) is 4.85. The highest BCUT2D eigenvalue weighted by atomic mass is 35.5. The first-order valence-corrected chi connectivity index (χ1v) is 12.5. The zero-order valence-corrected chi connectivity index (χ0v) is 19.3. The Balaban J connectivity index is 1.49. The fourth-order valence-corrected chi connectivity index (χ4v) is 6.48. The molecule has 0 unspecified atom stereocenters. The van der Waals surface area contributed by atoms with Crippen molar-refractivity contribution in [2.45, 2.75) is 11.8 Å². The van der Waals surface area contributed by atoms with Crippen LogP contribution in [0.15, 0.2) is 64.9 Å². The molecule has 0 aliphatic carbocycles. The van der Waals surface area contributed by atoms with Gasteiger partial charge in [0.15, 0.2) is 0 Å². The monoisotopic (exact) mass is 475 g/mol. The van der Waals surface area contributed by atoms with Crippen LogP contribution in [0, 0.1) is 6.92 Å². The number of aryl methyl sites for hydroxylation is 1. The van der Waals surface area contributed by atoms with Crippen LogP contribution in [0.1, 0.15) is 15.2 Å². The Kier molecular flexibility index (Phi) is 6.34. The van der Waals surface area contributed by atoms with Gasteiger partial charge in [0.05, 0.1) is 0 Å². The van der Waals surface area contributed by atoms with Gasteiger partial charge in [0, 0.05) is 42.6 Å². The van der Waals surface area contributed by atoms with Crippen molar-refractivity contribution in [1.29, 1.82) is 0 Å². The van der Waals surface area contributed by atoms with Crippen LogP contribution in [0.3, 0.4) is 0 Å². The van der Waals surface area contributed by atoms with Crippen LogP contribution in [-0.2, 0) is 10.0 Å². The molecule has 0 spiro atoms. The third kappa shape index (κ3) is 4.77. The maximum absolute atomic E-state index is 13.3. The van der Waals surface area contributed by atoms with Gasteiger partial charge in [0.25, 0.3) is 5.91 Å². The molecular formula is C22H22ClN3O3S2. The number of piperazine rings is 1. The van der Waals surface area contributed by atoms with Crippen LogP contribution in [-0.4, -0.2) is 44.8 Å². The minimum atomic E-state index is -3.78. The van der Waals surface area contributed by atoms with Crippen LogP contribution >= 0.6 is 22.9 Å². The molecule has 9 heteroatoms. The Morgan fingerprint density at radius 3 is 2.48 bits per heavy atom. The molecule has 0 atom stereocenters. The van der Waals surface area contributed by atoms with E-state index in [9.17, 15) is 13.2 Å². The maximum atomic E-state index is 13.3. The standard InChI is InChI=1S/C22H22ClN3O3S2/c1-16-4-2-7-19(14-16)25-9-11-26(12-10-25)31(28,29)20-8-13-30-21(20)22(27)24-18-6-3-5-17(23)15-18/h2-8,13-15H,9-12H2,1H3,(H,24,27). The minimum absolute atomic E-state index is 0.0426. The number of nitrogens with one attached hydrogen (secondary N) is 1. The Labute approximate surface area is 191 Å². The van der Waals surface area contributed by atoms with Crippen molar-refractivity contribution in [3.63, 3.8) is 0 Å². The quantitative estimate of drug-likeness (QED) is 0.591. The van der Waals surface area contributed by atoms with Gasteiger partial charge in [-0.05, 0) is 54.3 Å². The van der Waals surface area contributed by atoms with Crippen molar-refractivity contribution < 1.29 is 13.2 Å². The molecule has 1 aliphatic rings. The third-order valence-corrected chi connectivity index (χ3v) is 8.36. The first-order chi connectivity index (χ1) is 14.8. The predicted molar refractivity (Wildman–Crippen MR) is 126 cm³/mol. The first-order valence-electron chi connectivity index (χ1n) is 9.81. The predicted octanol–water partition coefficient (Wildman–Crippen LogP) is 4.47. The smallest absolute Gasteiger partial charge is 0.267 e. The Bertz CT molecular complexity index is 1200. The highest BCUT2D eigenvalue weighted by molar-refractivity contribution is 7.89. The molecule has 162 valence electrons. The lowest BCUT2D eigenvalue weighted by Crippen LogP contribution is -2.48. The number of thiophene rings is 1. The number of amides is 1. The molecular weight excluding hydrogens is 454 g/mol. The molecule has 1 aliphatic heterocycles.